The lowest BCUT2D eigenvalue weighted by molar-refractivity contribution is 0.0618. The summed E-state index contributed by atoms with van der Waals surface area (Å²) in [7, 11) is 0. The van der Waals surface area contributed by atoms with E-state index in [4.69, 9.17) is 9.47 Å². The maximum Gasteiger partial charge on any atom is 0.270 e. The van der Waals surface area contributed by atoms with E-state index >= 15 is 0 Å². The summed E-state index contributed by atoms with van der Waals surface area (Å²) in [5.74, 6) is 1.79. The standard InChI is InChI=1S/C28H29N3O3S/c32-27(30-14-12-29(13-15-30)19-22-8-9-25-26(17-22)34-20-33-25)24-18-23-10-16-35-28(23)31(24)11-4-7-21-5-2-1-3-6-21/h1-3,5-6,8-10,16-18H,4,7,11-15,19-20H2. The van der Waals surface area contributed by atoms with Crippen LogP contribution in [0.2, 0.25) is 0 Å². The normalized spacial score (nSPS) is 15.7. The molecule has 2 aromatic carbocycles. The maximum atomic E-state index is 13.6. The first kappa shape index (κ1) is 22.2. The van der Waals surface area contributed by atoms with Crippen LogP contribution in [0.4, 0.5) is 0 Å². The van der Waals surface area contributed by atoms with Crippen molar-refractivity contribution in [1.29, 1.82) is 0 Å². The molecule has 0 aliphatic carbocycles. The summed E-state index contributed by atoms with van der Waals surface area (Å²) in [6.07, 6.45) is 2.02. The van der Waals surface area contributed by atoms with Gasteiger partial charge in [-0.05, 0) is 53.6 Å². The zero-order valence-electron chi connectivity index (χ0n) is 19.7. The van der Waals surface area contributed by atoms with Gasteiger partial charge in [-0.15, -0.1) is 11.3 Å². The van der Waals surface area contributed by atoms with Crippen LogP contribution in [0.1, 0.15) is 28.0 Å². The van der Waals surface area contributed by atoms with Crippen molar-refractivity contribution in [3.8, 4) is 11.5 Å². The van der Waals surface area contributed by atoms with E-state index in [0.29, 0.717) is 6.79 Å². The molecule has 180 valence electrons. The number of carbonyl (C=O) groups excluding carboxylic acids is 1. The molecule has 4 aromatic rings. The van der Waals surface area contributed by atoms with Gasteiger partial charge in [-0.25, -0.2) is 0 Å². The Kier molecular flexibility index (Phi) is 6.19. The molecular weight excluding hydrogens is 458 g/mol. The van der Waals surface area contributed by atoms with Gasteiger partial charge < -0.3 is 18.9 Å². The van der Waals surface area contributed by atoms with E-state index in [2.05, 4.69) is 69.4 Å². The number of hydrogen-bond acceptors (Lipinski definition) is 5. The van der Waals surface area contributed by atoms with Crippen molar-refractivity contribution in [3.63, 3.8) is 0 Å². The van der Waals surface area contributed by atoms with Gasteiger partial charge in [0, 0.05) is 44.7 Å². The lowest BCUT2D eigenvalue weighted by Gasteiger charge is -2.35. The second-order valence-corrected chi connectivity index (χ2v) is 10.1. The summed E-state index contributed by atoms with van der Waals surface area (Å²) in [6, 6.07) is 20.9. The van der Waals surface area contributed by atoms with Crippen molar-refractivity contribution in [2.24, 2.45) is 0 Å². The maximum absolute atomic E-state index is 13.6. The lowest BCUT2D eigenvalue weighted by Crippen LogP contribution is -2.48. The van der Waals surface area contributed by atoms with E-state index in [9.17, 15) is 4.79 Å². The number of hydrogen-bond donors (Lipinski definition) is 0. The van der Waals surface area contributed by atoms with Crippen molar-refractivity contribution in [2.45, 2.75) is 25.9 Å². The first-order chi connectivity index (χ1) is 17.2. The average Bonchev–Trinajstić information content (AvgIpc) is 3.62. The van der Waals surface area contributed by atoms with Crippen molar-refractivity contribution in [3.05, 3.63) is 82.9 Å². The Bertz CT molecular complexity index is 1320. The Morgan fingerprint density at radius 2 is 1.71 bits per heavy atom. The van der Waals surface area contributed by atoms with Gasteiger partial charge in [-0.3, -0.25) is 9.69 Å². The highest BCUT2D eigenvalue weighted by molar-refractivity contribution is 7.16. The minimum Gasteiger partial charge on any atom is -0.454 e. The van der Waals surface area contributed by atoms with Gasteiger partial charge in [0.05, 0.1) is 0 Å². The molecule has 1 amide bonds. The Morgan fingerprint density at radius 1 is 0.886 bits per heavy atom. The fraction of sp³-hybridized carbons (Fsp3) is 0.321. The molecule has 7 heteroatoms. The van der Waals surface area contributed by atoms with Crippen LogP contribution in [-0.2, 0) is 19.5 Å². The number of nitrogens with zero attached hydrogens (tertiary/aromatic N) is 3. The predicted molar refractivity (Wildman–Crippen MR) is 138 cm³/mol. The Morgan fingerprint density at radius 3 is 2.57 bits per heavy atom. The fourth-order valence-electron chi connectivity index (χ4n) is 5.03. The van der Waals surface area contributed by atoms with E-state index in [1.54, 1.807) is 11.3 Å². The molecule has 35 heavy (non-hydrogen) atoms. The topological polar surface area (TPSA) is 46.9 Å². The number of carbonyl (C=O) groups is 1. The third-order valence-electron chi connectivity index (χ3n) is 6.91. The van der Waals surface area contributed by atoms with E-state index < -0.39 is 0 Å². The molecule has 0 saturated carbocycles. The Hall–Kier alpha value is -3.29. The van der Waals surface area contributed by atoms with Gasteiger partial charge in [0.15, 0.2) is 11.5 Å². The molecule has 2 aromatic heterocycles. The number of fused-ring (bicyclic) bond motifs is 2. The molecule has 1 fully saturated rings. The van der Waals surface area contributed by atoms with Crippen LogP contribution in [0.25, 0.3) is 10.2 Å². The fourth-order valence-corrected chi connectivity index (χ4v) is 5.95. The number of aryl methyl sites for hydroxylation is 2. The molecule has 0 atom stereocenters. The van der Waals surface area contributed by atoms with Crippen molar-refractivity contribution in [1.82, 2.24) is 14.4 Å². The molecule has 6 nitrogen and oxygen atoms in total. The molecule has 2 aliphatic rings. The van der Waals surface area contributed by atoms with Gasteiger partial charge in [-0.1, -0.05) is 36.4 Å². The number of amides is 1. The molecule has 0 radical (unpaired) electrons. The molecule has 6 rings (SSSR count). The molecule has 0 spiro atoms. The number of rotatable bonds is 7. The van der Waals surface area contributed by atoms with E-state index in [0.717, 1.165) is 69.3 Å². The predicted octanol–water partition coefficient (Wildman–Crippen LogP) is 5.02. The molecule has 4 heterocycles. The molecule has 2 aliphatic heterocycles. The zero-order chi connectivity index (χ0) is 23.6. The third kappa shape index (κ3) is 4.66. The number of aromatic nitrogens is 1. The quantitative estimate of drug-likeness (QED) is 0.367. The second kappa shape index (κ2) is 9.76. The average molecular weight is 488 g/mol. The highest BCUT2D eigenvalue weighted by atomic mass is 32.1. The Balaban J connectivity index is 1.10. The highest BCUT2D eigenvalue weighted by Gasteiger charge is 2.26. The van der Waals surface area contributed by atoms with E-state index in [1.165, 1.54) is 21.3 Å². The van der Waals surface area contributed by atoms with Crippen LogP contribution >= 0.6 is 11.3 Å². The minimum atomic E-state index is 0.149. The van der Waals surface area contributed by atoms with Crippen LogP contribution in [0, 0.1) is 0 Å². The van der Waals surface area contributed by atoms with Crippen LogP contribution in [0.5, 0.6) is 11.5 Å². The van der Waals surface area contributed by atoms with Gasteiger partial charge in [-0.2, -0.15) is 0 Å². The number of benzene rings is 2. The van der Waals surface area contributed by atoms with Gasteiger partial charge >= 0.3 is 0 Å². The number of piperazine rings is 1. The minimum absolute atomic E-state index is 0.149. The zero-order valence-corrected chi connectivity index (χ0v) is 20.5. The largest absolute Gasteiger partial charge is 0.454 e. The molecular formula is C28H29N3O3S. The highest BCUT2D eigenvalue weighted by Crippen LogP contribution is 2.33. The van der Waals surface area contributed by atoms with Crippen LogP contribution in [-0.4, -0.2) is 53.2 Å². The van der Waals surface area contributed by atoms with Crippen molar-refractivity contribution < 1.29 is 14.3 Å². The van der Waals surface area contributed by atoms with Crippen LogP contribution < -0.4 is 9.47 Å². The van der Waals surface area contributed by atoms with Crippen LogP contribution in [0.15, 0.2) is 66.0 Å². The van der Waals surface area contributed by atoms with Gasteiger partial charge in [0.2, 0.25) is 6.79 Å². The van der Waals surface area contributed by atoms with Crippen molar-refractivity contribution in [2.75, 3.05) is 33.0 Å². The first-order valence-corrected chi connectivity index (χ1v) is 13.1. The van der Waals surface area contributed by atoms with E-state index in [1.807, 2.05) is 11.0 Å². The summed E-state index contributed by atoms with van der Waals surface area (Å²) in [5.41, 5.74) is 3.37. The number of ether oxygens (including phenoxy) is 2. The monoisotopic (exact) mass is 487 g/mol. The second-order valence-electron chi connectivity index (χ2n) is 9.21. The summed E-state index contributed by atoms with van der Waals surface area (Å²) in [4.78, 5) is 19.2. The first-order valence-electron chi connectivity index (χ1n) is 12.3. The summed E-state index contributed by atoms with van der Waals surface area (Å²) in [6.45, 7) is 5.21. The van der Waals surface area contributed by atoms with Gasteiger partial charge in [0.1, 0.15) is 10.5 Å². The molecule has 0 N–H and O–H groups in total. The van der Waals surface area contributed by atoms with Crippen molar-refractivity contribution >= 4 is 27.5 Å². The van der Waals surface area contributed by atoms with Gasteiger partial charge in [0.25, 0.3) is 5.91 Å². The molecule has 1 saturated heterocycles. The van der Waals surface area contributed by atoms with Crippen LogP contribution in [0.3, 0.4) is 0 Å². The summed E-state index contributed by atoms with van der Waals surface area (Å²) >= 11 is 1.72. The summed E-state index contributed by atoms with van der Waals surface area (Å²) < 4.78 is 13.2. The Labute approximate surface area is 209 Å². The van der Waals surface area contributed by atoms with E-state index in [-0.39, 0.29) is 5.91 Å². The lowest BCUT2D eigenvalue weighted by atomic mass is 10.1. The molecule has 0 unspecified atom stereocenters. The third-order valence-corrected chi connectivity index (χ3v) is 7.87. The number of thiophene rings is 1. The SMILES string of the molecule is O=C(c1cc2ccsc2n1CCCc1ccccc1)N1CCN(Cc2ccc3c(c2)OCO3)CC1. The summed E-state index contributed by atoms with van der Waals surface area (Å²) in [5, 5.41) is 3.28. The smallest absolute Gasteiger partial charge is 0.270 e. The molecule has 0 bridgehead atoms.